The van der Waals surface area contributed by atoms with E-state index in [0.29, 0.717) is 11.1 Å². The number of carbonyl (C=O) groups is 1. The van der Waals surface area contributed by atoms with Crippen molar-refractivity contribution in [1.29, 1.82) is 0 Å². The number of hydrogen-bond acceptors (Lipinski definition) is 4. The Bertz CT molecular complexity index is 567. The number of amides is 1. The molecule has 1 rings (SSSR count). The van der Waals surface area contributed by atoms with Gasteiger partial charge in [0.15, 0.2) is 0 Å². The third kappa shape index (κ3) is 4.22. The molecule has 7 heteroatoms. The first-order chi connectivity index (χ1) is 8.74. The minimum absolute atomic E-state index is 0.0218. The summed E-state index contributed by atoms with van der Waals surface area (Å²) < 4.78 is 24.1. The molecular formula is C12H18N2O4S. The van der Waals surface area contributed by atoms with E-state index >= 15 is 0 Å². The SMILES string of the molecule is Cc1ccc(C(=O)NCCS(=O)(=O)N(C)C)cc1O. The van der Waals surface area contributed by atoms with Gasteiger partial charge in [-0.15, -0.1) is 0 Å². The summed E-state index contributed by atoms with van der Waals surface area (Å²) in [7, 11) is -0.442. The van der Waals surface area contributed by atoms with Gasteiger partial charge in [-0.25, -0.2) is 12.7 Å². The number of carbonyl (C=O) groups excluding carboxylic acids is 1. The normalized spacial score (nSPS) is 11.6. The third-order valence-corrected chi connectivity index (χ3v) is 4.51. The Hall–Kier alpha value is -1.60. The summed E-state index contributed by atoms with van der Waals surface area (Å²) in [4.78, 5) is 11.7. The lowest BCUT2D eigenvalue weighted by molar-refractivity contribution is 0.0955. The fourth-order valence-electron chi connectivity index (χ4n) is 1.33. The topological polar surface area (TPSA) is 86.7 Å². The van der Waals surface area contributed by atoms with Crippen LogP contribution in [0.15, 0.2) is 18.2 Å². The summed E-state index contributed by atoms with van der Waals surface area (Å²) >= 11 is 0. The third-order valence-electron chi connectivity index (χ3n) is 2.67. The molecule has 6 nitrogen and oxygen atoms in total. The predicted octanol–water partition coefficient (Wildman–Crippen LogP) is 0.322. The van der Waals surface area contributed by atoms with Gasteiger partial charge in [-0.05, 0) is 24.6 Å². The van der Waals surface area contributed by atoms with Gasteiger partial charge < -0.3 is 10.4 Å². The monoisotopic (exact) mass is 286 g/mol. The van der Waals surface area contributed by atoms with Crippen molar-refractivity contribution in [3.05, 3.63) is 29.3 Å². The first kappa shape index (κ1) is 15.5. The van der Waals surface area contributed by atoms with Gasteiger partial charge >= 0.3 is 0 Å². The first-order valence-electron chi connectivity index (χ1n) is 5.72. The zero-order valence-electron chi connectivity index (χ0n) is 11.2. The zero-order chi connectivity index (χ0) is 14.6. The van der Waals surface area contributed by atoms with Crippen LogP contribution in [0.5, 0.6) is 5.75 Å². The molecule has 0 saturated carbocycles. The highest BCUT2D eigenvalue weighted by molar-refractivity contribution is 7.89. The van der Waals surface area contributed by atoms with Gasteiger partial charge in [0.1, 0.15) is 5.75 Å². The highest BCUT2D eigenvalue weighted by atomic mass is 32.2. The van der Waals surface area contributed by atoms with Crippen LogP contribution in [0.1, 0.15) is 15.9 Å². The lowest BCUT2D eigenvalue weighted by atomic mass is 10.1. The fourth-order valence-corrected chi connectivity index (χ4v) is 2.05. The van der Waals surface area contributed by atoms with Gasteiger partial charge in [0.25, 0.3) is 5.91 Å². The smallest absolute Gasteiger partial charge is 0.251 e. The zero-order valence-corrected chi connectivity index (χ0v) is 12.0. The van der Waals surface area contributed by atoms with Crippen LogP contribution in [0.3, 0.4) is 0 Å². The van der Waals surface area contributed by atoms with Crippen molar-refractivity contribution in [2.75, 3.05) is 26.4 Å². The quantitative estimate of drug-likeness (QED) is 0.816. The van der Waals surface area contributed by atoms with E-state index in [1.807, 2.05) is 0 Å². The van der Waals surface area contributed by atoms with Gasteiger partial charge in [0, 0.05) is 26.2 Å². The van der Waals surface area contributed by atoms with Crippen LogP contribution >= 0.6 is 0 Å². The molecule has 0 atom stereocenters. The predicted molar refractivity (Wildman–Crippen MR) is 72.7 cm³/mol. The largest absolute Gasteiger partial charge is 0.508 e. The maximum atomic E-state index is 11.7. The van der Waals surface area contributed by atoms with Crippen LogP contribution in [0.4, 0.5) is 0 Å². The fraction of sp³-hybridized carbons (Fsp3) is 0.417. The van der Waals surface area contributed by atoms with Crippen LogP contribution in [0.25, 0.3) is 0 Å². The van der Waals surface area contributed by atoms with E-state index in [-0.39, 0.29) is 18.0 Å². The lowest BCUT2D eigenvalue weighted by Gasteiger charge is -2.11. The summed E-state index contributed by atoms with van der Waals surface area (Å²) in [6, 6.07) is 4.55. The van der Waals surface area contributed by atoms with Crippen LogP contribution in [-0.2, 0) is 10.0 Å². The number of phenolic OH excluding ortho intramolecular Hbond substituents is 1. The summed E-state index contributed by atoms with van der Waals surface area (Å²) in [5, 5.41) is 12.0. The number of hydrogen-bond donors (Lipinski definition) is 2. The second-order valence-corrected chi connectivity index (χ2v) is 6.66. The number of nitrogens with one attached hydrogen (secondary N) is 1. The molecule has 0 aromatic heterocycles. The number of nitrogens with zero attached hydrogens (tertiary/aromatic N) is 1. The Balaban J connectivity index is 2.59. The molecule has 0 bridgehead atoms. The average molecular weight is 286 g/mol. The molecule has 19 heavy (non-hydrogen) atoms. The minimum Gasteiger partial charge on any atom is -0.508 e. The van der Waals surface area contributed by atoms with Crippen molar-refractivity contribution in [2.24, 2.45) is 0 Å². The number of benzene rings is 1. The number of aromatic hydroxyl groups is 1. The van der Waals surface area contributed by atoms with E-state index in [2.05, 4.69) is 5.32 Å². The second-order valence-electron chi connectivity index (χ2n) is 4.36. The van der Waals surface area contributed by atoms with Crippen LogP contribution in [0, 0.1) is 6.92 Å². The summed E-state index contributed by atoms with van der Waals surface area (Å²) in [5.74, 6) is -0.540. The molecule has 0 heterocycles. The van der Waals surface area contributed by atoms with Crippen molar-refractivity contribution in [3.8, 4) is 5.75 Å². The molecule has 0 fully saturated rings. The number of aryl methyl sites for hydroxylation is 1. The van der Waals surface area contributed by atoms with Crippen molar-refractivity contribution in [3.63, 3.8) is 0 Å². The van der Waals surface area contributed by atoms with Crippen molar-refractivity contribution in [2.45, 2.75) is 6.92 Å². The molecule has 1 aromatic carbocycles. The maximum absolute atomic E-state index is 11.7. The van der Waals surface area contributed by atoms with Crippen LogP contribution in [-0.4, -0.2) is 50.1 Å². The summed E-state index contributed by atoms with van der Waals surface area (Å²) in [5.41, 5.74) is 0.970. The first-order valence-corrected chi connectivity index (χ1v) is 7.33. The van der Waals surface area contributed by atoms with Crippen LogP contribution in [0.2, 0.25) is 0 Å². The van der Waals surface area contributed by atoms with Gasteiger partial charge in [-0.3, -0.25) is 4.79 Å². The van der Waals surface area contributed by atoms with Gasteiger partial charge in [-0.1, -0.05) is 6.07 Å². The van der Waals surface area contributed by atoms with Crippen LogP contribution < -0.4 is 5.32 Å². The Morgan fingerprint density at radius 2 is 2.00 bits per heavy atom. The molecule has 0 aliphatic rings. The highest BCUT2D eigenvalue weighted by Crippen LogP contribution is 2.17. The Labute approximate surface area is 113 Å². The van der Waals surface area contributed by atoms with Crippen molar-refractivity contribution >= 4 is 15.9 Å². The number of phenols is 1. The van der Waals surface area contributed by atoms with Gasteiger partial charge in [-0.2, -0.15) is 0 Å². The Morgan fingerprint density at radius 1 is 1.37 bits per heavy atom. The molecular weight excluding hydrogens is 268 g/mol. The highest BCUT2D eigenvalue weighted by Gasteiger charge is 2.14. The molecule has 106 valence electrons. The van der Waals surface area contributed by atoms with Crippen molar-refractivity contribution in [1.82, 2.24) is 9.62 Å². The number of sulfonamides is 1. The molecule has 0 radical (unpaired) electrons. The number of rotatable bonds is 5. The van der Waals surface area contributed by atoms with Gasteiger partial charge in [0.2, 0.25) is 10.0 Å². The summed E-state index contributed by atoms with van der Waals surface area (Å²) in [6.45, 7) is 1.74. The van der Waals surface area contributed by atoms with E-state index in [9.17, 15) is 18.3 Å². The maximum Gasteiger partial charge on any atom is 0.251 e. The van der Waals surface area contributed by atoms with E-state index in [4.69, 9.17) is 0 Å². The average Bonchev–Trinajstić information content (AvgIpc) is 2.32. The molecule has 0 aliphatic heterocycles. The lowest BCUT2D eigenvalue weighted by Crippen LogP contribution is -2.33. The van der Waals surface area contributed by atoms with E-state index in [0.717, 1.165) is 4.31 Å². The molecule has 0 spiro atoms. The molecule has 2 N–H and O–H groups in total. The molecule has 0 unspecified atom stereocenters. The van der Waals surface area contributed by atoms with E-state index in [1.54, 1.807) is 19.1 Å². The molecule has 0 saturated heterocycles. The van der Waals surface area contributed by atoms with E-state index < -0.39 is 15.9 Å². The second kappa shape index (κ2) is 6.03. The molecule has 1 amide bonds. The Kier molecular flexibility index (Phi) is 4.90. The summed E-state index contributed by atoms with van der Waals surface area (Å²) in [6.07, 6.45) is 0. The molecule has 0 aliphatic carbocycles. The van der Waals surface area contributed by atoms with Gasteiger partial charge in [0.05, 0.1) is 5.75 Å². The Morgan fingerprint density at radius 3 is 2.53 bits per heavy atom. The minimum atomic E-state index is -3.32. The van der Waals surface area contributed by atoms with Crippen molar-refractivity contribution < 1.29 is 18.3 Å². The standard InChI is InChI=1S/C12H18N2O4S/c1-9-4-5-10(8-11(9)15)12(16)13-6-7-19(17,18)14(2)3/h4-5,8,15H,6-7H2,1-3H3,(H,13,16). The molecule has 1 aromatic rings. The van der Waals surface area contributed by atoms with E-state index in [1.165, 1.54) is 20.2 Å².